The molecule has 0 spiro atoms. The number of fused-ring (bicyclic) bond motifs is 3. The third-order valence-corrected chi connectivity index (χ3v) is 6.21. The van der Waals surface area contributed by atoms with Gasteiger partial charge in [-0.2, -0.15) is 5.10 Å². The highest BCUT2D eigenvalue weighted by Gasteiger charge is 2.43. The lowest BCUT2D eigenvalue weighted by Crippen LogP contribution is -2.34. The van der Waals surface area contributed by atoms with Crippen molar-refractivity contribution in [2.24, 2.45) is 5.10 Å². The topological polar surface area (TPSA) is 82.0 Å². The van der Waals surface area contributed by atoms with E-state index in [1.807, 2.05) is 41.4 Å². The predicted octanol–water partition coefficient (Wildman–Crippen LogP) is 4.67. The van der Waals surface area contributed by atoms with Crippen molar-refractivity contribution in [1.29, 1.82) is 0 Å². The van der Waals surface area contributed by atoms with E-state index < -0.39 is 6.23 Å². The summed E-state index contributed by atoms with van der Waals surface area (Å²) in [6.07, 6.45) is -0.0448. The Labute approximate surface area is 197 Å². The van der Waals surface area contributed by atoms with Crippen molar-refractivity contribution in [2.75, 3.05) is 28.4 Å². The van der Waals surface area contributed by atoms with Gasteiger partial charge in [0.15, 0.2) is 23.0 Å². The number of phenols is 1. The van der Waals surface area contributed by atoms with Crippen LogP contribution < -0.4 is 23.7 Å². The van der Waals surface area contributed by atoms with Crippen LogP contribution in [-0.4, -0.2) is 44.3 Å². The molecule has 0 aromatic heterocycles. The molecule has 0 radical (unpaired) electrons. The summed E-state index contributed by atoms with van der Waals surface area (Å²) >= 11 is 0. The number of hydrogen-bond donors (Lipinski definition) is 1. The number of methoxy groups -OCH3 is 4. The molecular weight excluding hydrogens is 436 g/mol. The van der Waals surface area contributed by atoms with Crippen LogP contribution in [0, 0.1) is 0 Å². The molecule has 5 rings (SSSR count). The number of nitrogens with zero attached hydrogens (tertiary/aromatic N) is 2. The molecule has 0 aliphatic carbocycles. The maximum atomic E-state index is 10.6. The highest BCUT2D eigenvalue weighted by Crippen LogP contribution is 2.52. The van der Waals surface area contributed by atoms with Gasteiger partial charge >= 0.3 is 0 Å². The first-order valence-corrected chi connectivity index (χ1v) is 10.9. The number of rotatable bonds is 6. The summed E-state index contributed by atoms with van der Waals surface area (Å²) in [4.78, 5) is 0. The lowest BCUT2D eigenvalue weighted by molar-refractivity contribution is -0.0223. The van der Waals surface area contributed by atoms with Gasteiger partial charge in [0.2, 0.25) is 6.23 Å². The van der Waals surface area contributed by atoms with Crippen molar-refractivity contribution in [3.05, 3.63) is 71.3 Å². The highest BCUT2D eigenvalue weighted by atomic mass is 16.5. The lowest BCUT2D eigenvalue weighted by Gasteiger charge is -2.39. The summed E-state index contributed by atoms with van der Waals surface area (Å²) < 4.78 is 28.7. The van der Waals surface area contributed by atoms with Crippen molar-refractivity contribution in [1.82, 2.24) is 5.01 Å². The molecular formula is C26H26N2O6. The fourth-order valence-corrected chi connectivity index (χ4v) is 4.59. The van der Waals surface area contributed by atoms with Crippen LogP contribution in [0.5, 0.6) is 34.5 Å². The average Bonchev–Trinajstić information content (AvgIpc) is 3.33. The third-order valence-electron chi connectivity index (χ3n) is 6.21. The van der Waals surface area contributed by atoms with E-state index in [9.17, 15) is 5.11 Å². The van der Waals surface area contributed by atoms with Gasteiger partial charge in [-0.25, -0.2) is 5.01 Å². The number of phenolic OH excluding ortho intramolecular Hbond substituents is 1. The van der Waals surface area contributed by atoms with Crippen molar-refractivity contribution in [3.63, 3.8) is 0 Å². The Morgan fingerprint density at radius 2 is 1.62 bits per heavy atom. The number of para-hydroxylation sites is 2. The van der Waals surface area contributed by atoms with Gasteiger partial charge in [0.25, 0.3) is 0 Å². The molecule has 1 N–H and O–H groups in total. The number of hydrogen-bond acceptors (Lipinski definition) is 8. The number of aromatic hydroxyl groups is 1. The second-order valence-electron chi connectivity index (χ2n) is 7.96. The molecule has 0 saturated heterocycles. The molecule has 0 amide bonds. The van der Waals surface area contributed by atoms with E-state index in [1.54, 1.807) is 46.6 Å². The van der Waals surface area contributed by atoms with Crippen LogP contribution in [0.15, 0.2) is 59.7 Å². The molecule has 0 fully saturated rings. The first-order chi connectivity index (χ1) is 16.6. The molecule has 176 valence electrons. The van der Waals surface area contributed by atoms with Crippen LogP contribution in [0.4, 0.5) is 0 Å². The second kappa shape index (κ2) is 8.70. The van der Waals surface area contributed by atoms with Crippen molar-refractivity contribution >= 4 is 5.71 Å². The van der Waals surface area contributed by atoms with Crippen LogP contribution in [0.3, 0.4) is 0 Å². The minimum absolute atomic E-state index is 0.139. The van der Waals surface area contributed by atoms with Gasteiger partial charge < -0.3 is 28.8 Å². The van der Waals surface area contributed by atoms with Gasteiger partial charge in [-0.1, -0.05) is 18.2 Å². The average molecular weight is 463 g/mol. The van der Waals surface area contributed by atoms with E-state index in [1.165, 1.54) is 0 Å². The third kappa shape index (κ3) is 3.42. The first kappa shape index (κ1) is 21.8. The lowest BCUT2D eigenvalue weighted by atomic mass is 9.95. The summed E-state index contributed by atoms with van der Waals surface area (Å²) in [7, 11) is 6.42. The summed E-state index contributed by atoms with van der Waals surface area (Å²) in [5, 5.41) is 17.4. The van der Waals surface area contributed by atoms with Gasteiger partial charge in [-0.05, 0) is 36.4 Å². The zero-order valence-electron chi connectivity index (χ0n) is 19.4. The van der Waals surface area contributed by atoms with Gasteiger partial charge in [0.1, 0.15) is 11.5 Å². The van der Waals surface area contributed by atoms with Crippen molar-refractivity contribution in [3.8, 4) is 34.5 Å². The van der Waals surface area contributed by atoms with Crippen LogP contribution >= 0.6 is 0 Å². The zero-order valence-corrected chi connectivity index (χ0v) is 19.4. The van der Waals surface area contributed by atoms with Crippen LogP contribution in [0.25, 0.3) is 0 Å². The molecule has 0 bridgehead atoms. The fraction of sp³-hybridized carbons (Fsp3) is 0.269. The Hall–Kier alpha value is -4.07. The molecule has 34 heavy (non-hydrogen) atoms. The Morgan fingerprint density at radius 1 is 0.882 bits per heavy atom. The molecule has 2 heterocycles. The van der Waals surface area contributed by atoms with Crippen LogP contribution in [-0.2, 0) is 0 Å². The predicted molar refractivity (Wildman–Crippen MR) is 126 cm³/mol. The molecule has 2 atom stereocenters. The Balaban J connectivity index is 1.67. The Bertz CT molecular complexity index is 1260. The maximum absolute atomic E-state index is 10.6. The Morgan fingerprint density at radius 3 is 2.32 bits per heavy atom. The second-order valence-corrected chi connectivity index (χ2v) is 7.96. The minimum atomic E-state index is -0.607. The molecule has 2 aliphatic heterocycles. The number of hydrazone groups is 1. The van der Waals surface area contributed by atoms with Gasteiger partial charge in [0.05, 0.1) is 45.8 Å². The Kier molecular flexibility index (Phi) is 5.57. The summed E-state index contributed by atoms with van der Waals surface area (Å²) in [5.74, 6) is 3.25. The summed E-state index contributed by atoms with van der Waals surface area (Å²) in [6.45, 7) is 0. The molecule has 0 saturated carbocycles. The molecule has 8 nitrogen and oxygen atoms in total. The number of ether oxygens (including phenoxy) is 5. The smallest absolute Gasteiger partial charge is 0.217 e. The largest absolute Gasteiger partial charge is 0.507 e. The molecule has 2 aliphatic rings. The van der Waals surface area contributed by atoms with Gasteiger partial charge in [-0.3, -0.25) is 0 Å². The van der Waals surface area contributed by atoms with E-state index in [-0.39, 0.29) is 11.8 Å². The monoisotopic (exact) mass is 462 g/mol. The van der Waals surface area contributed by atoms with E-state index in [0.717, 1.165) is 16.8 Å². The maximum Gasteiger partial charge on any atom is 0.217 e. The quantitative estimate of drug-likeness (QED) is 0.570. The molecule has 3 aromatic rings. The molecule has 3 aromatic carbocycles. The van der Waals surface area contributed by atoms with E-state index in [0.29, 0.717) is 40.7 Å². The standard InChI is InChI=1S/C26H26N2O6/c1-30-15-11-12-21(29)18(13-15)19-14-20-16-7-5-10-23(32-3)25(16)34-26(28(20)27-19)17-8-6-9-22(31-2)24(17)33-4/h5-13,20,26,29H,14H2,1-4H3. The number of benzene rings is 3. The van der Waals surface area contributed by atoms with Crippen LogP contribution in [0.2, 0.25) is 0 Å². The molecule has 2 unspecified atom stereocenters. The first-order valence-electron chi connectivity index (χ1n) is 10.9. The van der Waals surface area contributed by atoms with Crippen LogP contribution in [0.1, 0.15) is 35.4 Å². The minimum Gasteiger partial charge on any atom is -0.507 e. The zero-order chi connectivity index (χ0) is 23.8. The summed E-state index contributed by atoms with van der Waals surface area (Å²) in [6, 6.07) is 16.5. The van der Waals surface area contributed by atoms with Crippen molar-refractivity contribution in [2.45, 2.75) is 18.7 Å². The molecule has 8 heteroatoms. The van der Waals surface area contributed by atoms with E-state index >= 15 is 0 Å². The van der Waals surface area contributed by atoms with E-state index in [2.05, 4.69) is 0 Å². The normalized spacial score (nSPS) is 18.4. The van der Waals surface area contributed by atoms with E-state index in [4.69, 9.17) is 28.8 Å². The van der Waals surface area contributed by atoms with Crippen molar-refractivity contribution < 1.29 is 28.8 Å². The highest BCUT2D eigenvalue weighted by molar-refractivity contribution is 6.04. The van der Waals surface area contributed by atoms with Gasteiger partial charge in [-0.15, -0.1) is 0 Å². The fourth-order valence-electron chi connectivity index (χ4n) is 4.59. The summed E-state index contributed by atoms with van der Waals surface area (Å²) in [5.41, 5.74) is 3.07. The van der Waals surface area contributed by atoms with Gasteiger partial charge in [0, 0.05) is 17.5 Å². The SMILES string of the molecule is COc1ccc(O)c(C2=NN3C(C2)c2cccc(OC)c2OC3c2cccc(OC)c2OC)c1.